The minimum absolute atomic E-state index is 0.0429. The Kier molecular flexibility index (Phi) is 5.78. The summed E-state index contributed by atoms with van der Waals surface area (Å²) in [4.78, 5) is 11.5. The van der Waals surface area contributed by atoms with E-state index in [1.807, 2.05) is 30.3 Å². The van der Waals surface area contributed by atoms with Gasteiger partial charge in [0.15, 0.2) is 6.61 Å². The molecule has 0 atom stereocenters. The monoisotopic (exact) mass is 289 g/mol. The zero-order valence-electron chi connectivity index (χ0n) is 12.0. The molecule has 0 spiro atoms. The molecule has 6 nitrogen and oxygen atoms in total. The van der Waals surface area contributed by atoms with Crippen molar-refractivity contribution >= 4 is 5.91 Å². The first-order valence-corrected chi connectivity index (χ1v) is 6.79. The van der Waals surface area contributed by atoms with E-state index < -0.39 is 0 Å². The van der Waals surface area contributed by atoms with Crippen molar-refractivity contribution in [3.8, 4) is 11.6 Å². The molecule has 0 aliphatic rings. The van der Waals surface area contributed by atoms with Gasteiger partial charge in [-0.3, -0.25) is 4.79 Å². The minimum atomic E-state index is -0.166. The molecule has 0 unspecified atom stereocenters. The maximum Gasteiger partial charge on any atom is 0.258 e. The van der Waals surface area contributed by atoms with Crippen LogP contribution in [0.15, 0.2) is 42.6 Å². The average Bonchev–Trinajstić information content (AvgIpc) is 2.99. The van der Waals surface area contributed by atoms with E-state index in [2.05, 4.69) is 10.4 Å². The lowest BCUT2D eigenvalue weighted by atomic mass is 10.3. The lowest BCUT2D eigenvalue weighted by Crippen LogP contribution is -2.30. The number of para-hydroxylation sites is 1. The summed E-state index contributed by atoms with van der Waals surface area (Å²) >= 11 is 0. The molecule has 1 amide bonds. The van der Waals surface area contributed by atoms with Crippen LogP contribution in [0.1, 0.15) is 6.42 Å². The highest BCUT2D eigenvalue weighted by molar-refractivity contribution is 5.77. The number of methoxy groups -OCH3 is 1. The molecule has 2 rings (SSSR count). The van der Waals surface area contributed by atoms with Crippen LogP contribution in [0.5, 0.6) is 5.88 Å². The normalized spacial score (nSPS) is 10.3. The maximum absolute atomic E-state index is 11.5. The van der Waals surface area contributed by atoms with Crippen molar-refractivity contribution in [1.82, 2.24) is 15.1 Å². The lowest BCUT2D eigenvalue weighted by Gasteiger charge is -2.05. The molecule has 0 aliphatic carbocycles. The van der Waals surface area contributed by atoms with Crippen LogP contribution in [-0.4, -0.2) is 42.6 Å². The van der Waals surface area contributed by atoms with E-state index in [-0.39, 0.29) is 12.5 Å². The topological polar surface area (TPSA) is 65.4 Å². The van der Waals surface area contributed by atoms with Crippen LogP contribution in [-0.2, 0) is 9.53 Å². The quantitative estimate of drug-likeness (QED) is 0.746. The van der Waals surface area contributed by atoms with Gasteiger partial charge in [-0.2, -0.15) is 0 Å². The molecule has 2 aromatic rings. The van der Waals surface area contributed by atoms with Gasteiger partial charge in [0, 0.05) is 32.5 Å². The predicted octanol–water partition coefficient (Wildman–Crippen LogP) is 1.40. The Morgan fingerprint density at radius 3 is 2.86 bits per heavy atom. The number of nitrogens with zero attached hydrogens (tertiary/aromatic N) is 2. The molecule has 21 heavy (non-hydrogen) atoms. The molecule has 0 fully saturated rings. The molecule has 1 N–H and O–H groups in total. The summed E-state index contributed by atoms with van der Waals surface area (Å²) in [5.74, 6) is 0.256. The number of hydrogen-bond acceptors (Lipinski definition) is 4. The third-order valence-corrected chi connectivity index (χ3v) is 2.78. The molecule has 0 bridgehead atoms. The van der Waals surface area contributed by atoms with E-state index in [9.17, 15) is 4.79 Å². The van der Waals surface area contributed by atoms with Crippen LogP contribution >= 0.6 is 0 Å². The minimum Gasteiger partial charge on any atom is -0.466 e. The second kappa shape index (κ2) is 8.06. The number of rotatable bonds is 8. The van der Waals surface area contributed by atoms with Crippen molar-refractivity contribution in [2.24, 2.45) is 0 Å². The first-order chi connectivity index (χ1) is 10.3. The summed E-state index contributed by atoms with van der Waals surface area (Å²) < 4.78 is 12.0. The number of carbonyl (C=O) groups excluding carboxylic acids is 1. The highest BCUT2D eigenvalue weighted by Gasteiger charge is 2.05. The summed E-state index contributed by atoms with van der Waals surface area (Å²) in [7, 11) is 1.63. The standard InChI is InChI=1S/C15H19N3O3/c1-20-11-5-9-16-14(19)12-21-15-8-10-18(17-15)13-6-3-2-4-7-13/h2-4,6-8,10H,5,9,11-12H2,1H3,(H,16,19). The molecule has 0 saturated carbocycles. The van der Waals surface area contributed by atoms with E-state index in [4.69, 9.17) is 9.47 Å². The molecule has 1 aromatic heterocycles. The number of hydrogen-bond donors (Lipinski definition) is 1. The number of carbonyl (C=O) groups is 1. The molecule has 6 heteroatoms. The van der Waals surface area contributed by atoms with Gasteiger partial charge in [0.25, 0.3) is 5.91 Å². The Hall–Kier alpha value is -2.34. The largest absolute Gasteiger partial charge is 0.466 e. The SMILES string of the molecule is COCCCNC(=O)COc1ccn(-c2ccccc2)n1. The van der Waals surface area contributed by atoms with Gasteiger partial charge in [-0.25, -0.2) is 4.68 Å². The fourth-order valence-corrected chi connectivity index (χ4v) is 1.74. The second-order valence-electron chi connectivity index (χ2n) is 4.42. The van der Waals surface area contributed by atoms with Crippen LogP contribution in [0.25, 0.3) is 5.69 Å². The van der Waals surface area contributed by atoms with Crippen molar-refractivity contribution in [1.29, 1.82) is 0 Å². The van der Waals surface area contributed by atoms with Gasteiger partial charge in [0.1, 0.15) is 0 Å². The van der Waals surface area contributed by atoms with Crippen LogP contribution in [0, 0.1) is 0 Å². The fourth-order valence-electron chi connectivity index (χ4n) is 1.74. The highest BCUT2D eigenvalue weighted by Crippen LogP contribution is 2.11. The van der Waals surface area contributed by atoms with Gasteiger partial charge >= 0.3 is 0 Å². The van der Waals surface area contributed by atoms with Crippen LogP contribution < -0.4 is 10.1 Å². The summed E-state index contributed by atoms with van der Waals surface area (Å²) in [6.07, 6.45) is 2.58. The smallest absolute Gasteiger partial charge is 0.258 e. The van der Waals surface area contributed by atoms with Gasteiger partial charge < -0.3 is 14.8 Å². The first-order valence-electron chi connectivity index (χ1n) is 6.79. The van der Waals surface area contributed by atoms with Crippen molar-refractivity contribution in [3.63, 3.8) is 0 Å². The molecule has 0 saturated heterocycles. The van der Waals surface area contributed by atoms with Crippen molar-refractivity contribution in [3.05, 3.63) is 42.6 Å². The number of ether oxygens (including phenoxy) is 2. The van der Waals surface area contributed by atoms with E-state index in [1.165, 1.54) is 0 Å². The average molecular weight is 289 g/mol. The van der Waals surface area contributed by atoms with Crippen LogP contribution in [0.2, 0.25) is 0 Å². The molecule has 0 radical (unpaired) electrons. The van der Waals surface area contributed by atoms with Gasteiger partial charge in [0.05, 0.1) is 5.69 Å². The maximum atomic E-state index is 11.5. The molecule has 1 heterocycles. The lowest BCUT2D eigenvalue weighted by molar-refractivity contribution is -0.123. The summed E-state index contributed by atoms with van der Waals surface area (Å²) in [5, 5.41) is 7.00. The molecule has 0 aliphatic heterocycles. The Bertz CT molecular complexity index is 554. The van der Waals surface area contributed by atoms with Crippen molar-refractivity contribution < 1.29 is 14.3 Å². The summed E-state index contributed by atoms with van der Waals surface area (Å²) in [5.41, 5.74) is 0.941. The van der Waals surface area contributed by atoms with Crippen molar-refractivity contribution in [2.75, 3.05) is 26.9 Å². The van der Waals surface area contributed by atoms with E-state index in [0.717, 1.165) is 12.1 Å². The summed E-state index contributed by atoms with van der Waals surface area (Å²) in [6, 6.07) is 11.4. The zero-order valence-corrected chi connectivity index (χ0v) is 12.0. The fraction of sp³-hybridized carbons (Fsp3) is 0.333. The van der Waals surface area contributed by atoms with Crippen LogP contribution in [0.3, 0.4) is 0 Å². The van der Waals surface area contributed by atoms with E-state index >= 15 is 0 Å². The summed E-state index contributed by atoms with van der Waals surface area (Å²) in [6.45, 7) is 1.16. The van der Waals surface area contributed by atoms with Crippen molar-refractivity contribution in [2.45, 2.75) is 6.42 Å². The molecular weight excluding hydrogens is 270 g/mol. The Balaban J connectivity index is 1.77. The van der Waals surface area contributed by atoms with Crippen LogP contribution in [0.4, 0.5) is 0 Å². The van der Waals surface area contributed by atoms with E-state index in [0.29, 0.717) is 19.0 Å². The number of nitrogens with one attached hydrogen (secondary N) is 1. The Labute approximate surface area is 123 Å². The van der Waals surface area contributed by atoms with Gasteiger partial charge in [-0.05, 0) is 18.6 Å². The predicted molar refractivity (Wildman–Crippen MR) is 78.6 cm³/mol. The number of benzene rings is 1. The zero-order chi connectivity index (χ0) is 14.9. The third kappa shape index (κ3) is 4.92. The number of aromatic nitrogens is 2. The molecule has 1 aromatic carbocycles. The first kappa shape index (κ1) is 15.1. The molecule has 112 valence electrons. The number of amides is 1. The Morgan fingerprint density at radius 1 is 1.29 bits per heavy atom. The highest BCUT2D eigenvalue weighted by atomic mass is 16.5. The van der Waals surface area contributed by atoms with E-state index in [1.54, 1.807) is 24.1 Å². The second-order valence-corrected chi connectivity index (χ2v) is 4.42. The van der Waals surface area contributed by atoms with Gasteiger partial charge in [0.2, 0.25) is 5.88 Å². The molecular formula is C15H19N3O3. The van der Waals surface area contributed by atoms with Gasteiger partial charge in [-0.1, -0.05) is 18.2 Å². The third-order valence-electron chi connectivity index (χ3n) is 2.78. The van der Waals surface area contributed by atoms with Gasteiger partial charge in [-0.15, -0.1) is 5.10 Å². The Morgan fingerprint density at radius 2 is 2.10 bits per heavy atom.